The lowest BCUT2D eigenvalue weighted by Gasteiger charge is -2.31. The zero-order valence-electron chi connectivity index (χ0n) is 12.5. The molecule has 0 saturated heterocycles. The molecule has 1 atom stereocenters. The summed E-state index contributed by atoms with van der Waals surface area (Å²) in [6.07, 6.45) is 1.97. The first-order valence-electron chi connectivity index (χ1n) is 6.83. The van der Waals surface area contributed by atoms with Crippen molar-refractivity contribution in [2.75, 3.05) is 7.05 Å². The maximum atomic E-state index is 12.1. The number of aliphatic imine (C=N–C) groups is 1. The minimum atomic E-state index is -0.751. The third-order valence-electron chi connectivity index (χ3n) is 3.69. The molecule has 1 amide bonds. The monoisotopic (exact) mass is 368 g/mol. The van der Waals surface area contributed by atoms with Gasteiger partial charge in [-0.25, -0.2) is 9.98 Å². The number of halogens is 2. The molecule has 2 heterocycles. The second-order valence-corrected chi connectivity index (χ2v) is 7.46. The second kappa shape index (κ2) is 5.78. The average molecular weight is 369 g/mol. The molecule has 0 aliphatic carbocycles. The molecule has 3 rings (SSSR count). The Labute approximate surface area is 147 Å². The van der Waals surface area contributed by atoms with E-state index in [0.717, 1.165) is 15.4 Å². The predicted molar refractivity (Wildman–Crippen MR) is 93.9 cm³/mol. The van der Waals surface area contributed by atoms with Crippen LogP contribution in [0.2, 0.25) is 10.0 Å². The van der Waals surface area contributed by atoms with Crippen molar-refractivity contribution in [2.24, 2.45) is 10.7 Å². The van der Waals surface area contributed by atoms with E-state index in [9.17, 15) is 4.79 Å². The fourth-order valence-electron chi connectivity index (χ4n) is 2.38. The van der Waals surface area contributed by atoms with E-state index < -0.39 is 5.54 Å². The molecule has 1 aliphatic heterocycles. The van der Waals surface area contributed by atoms with E-state index in [-0.39, 0.29) is 18.3 Å². The van der Waals surface area contributed by atoms with Crippen molar-refractivity contribution in [3.63, 3.8) is 0 Å². The van der Waals surface area contributed by atoms with Crippen LogP contribution in [0.25, 0.3) is 10.4 Å². The van der Waals surface area contributed by atoms with Crippen molar-refractivity contribution in [2.45, 2.75) is 18.9 Å². The zero-order valence-corrected chi connectivity index (χ0v) is 14.8. The molecule has 0 bridgehead atoms. The summed E-state index contributed by atoms with van der Waals surface area (Å²) in [6, 6.07) is 5.32. The average Bonchev–Trinajstić information content (AvgIpc) is 2.94. The highest BCUT2D eigenvalue weighted by molar-refractivity contribution is 7.15. The van der Waals surface area contributed by atoms with Gasteiger partial charge in [0.05, 0.1) is 11.3 Å². The zero-order chi connectivity index (χ0) is 16.8. The molecule has 2 aromatic rings. The van der Waals surface area contributed by atoms with Crippen molar-refractivity contribution < 1.29 is 4.79 Å². The van der Waals surface area contributed by atoms with Crippen molar-refractivity contribution in [1.29, 1.82) is 0 Å². The van der Waals surface area contributed by atoms with E-state index in [0.29, 0.717) is 10.0 Å². The molecular weight excluding hydrogens is 355 g/mol. The molecule has 0 unspecified atom stereocenters. The molecule has 120 valence electrons. The van der Waals surface area contributed by atoms with E-state index in [2.05, 4.69) is 9.98 Å². The van der Waals surface area contributed by atoms with Gasteiger partial charge in [0.2, 0.25) is 5.91 Å². The van der Waals surface area contributed by atoms with E-state index in [1.807, 2.05) is 19.1 Å². The Balaban J connectivity index is 2.00. The molecule has 1 aromatic heterocycles. The molecule has 8 heteroatoms. The van der Waals surface area contributed by atoms with Gasteiger partial charge in [-0.3, -0.25) is 9.69 Å². The van der Waals surface area contributed by atoms with Crippen LogP contribution in [0.5, 0.6) is 0 Å². The maximum absolute atomic E-state index is 12.1. The van der Waals surface area contributed by atoms with E-state index >= 15 is 0 Å². The Bertz CT molecular complexity index is 799. The summed E-state index contributed by atoms with van der Waals surface area (Å²) in [7, 11) is 1.61. The molecule has 0 spiro atoms. The van der Waals surface area contributed by atoms with E-state index in [4.69, 9.17) is 28.9 Å². The quantitative estimate of drug-likeness (QED) is 0.881. The van der Waals surface area contributed by atoms with Gasteiger partial charge in [0.15, 0.2) is 5.96 Å². The van der Waals surface area contributed by atoms with Gasteiger partial charge in [-0.1, -0.05) is 23.2 Å². The Morgan fingerprint density at radius 1 is 1.30 bits per heavy atom. The van der Waals surface area contributed by atoms with Crippen molar-refractivity contribution >= 4 is 46.4 Å². The Hall–Kier alpha value is -1.63. The van der Waals surface area contributed by atoms with Gasteiger partial charge in [0.25, 0.3) is 0 Å². The fourth-order valence-corrected chi connectivity index (χ4v) is 3.90. The fraction of sp³-hybridized carbons (Fsp3) is 0.267. The van der Waals surface area contributed by atoms with Crippen LogP contribution in [0, 0.1) is 0 Å². The standard InChI is InChI=1S/C15H14Cl2N4OS/c1-15(6-12(22)21(2)14(18)20-15)13-19-7-11(23-13)8-3-9(16)5-10(17)4-8/h3-5,7H,6H2,1-2H3,(H2,18,20)/t15-/m0/s1. The van der Waals surface area contributed by atoms with Gasteiger partial charge in [-0.05, 0) is 30.7 Å². The Kier molecular flexibility index (Phi) is 4.08. The summed E-state index contributed by atoms with van der Waals surface area (Å²) in [5.41, 5.74) is 5.97. The van der Waals surface area contributed by atoms with Crippen LogP contribution in [-0.2, 0) is 10.3 Å². The summed E-state index contributed by atoms with van der Waals surface area (Å²) in [4.78, 5) is 23.2. The summed E-state index contributed by atoms with van der Waals surface area (Å²) < 4.78 is 0. The van der Waals surface area contributed by atoms with E-state index in [1.54, 1.807) is 19.3 Å². The third-order valence-corrected chi connectivity index (χ3v) is 5.42. The van der Waals surface area contributed by atoms with Crippen molar-refractivity contribution in [1.82, 2.24) is 9.88 Å². The Morgan fingerprint density at radius 3 is 2.57 bits per heavy atom. The summed E-state index contributed by atoms with van der Waals surface area (Å²) in [6.45, 7) is 1.86. The molecule has 2 N–H and O–H groups in total. The highest BCUT2D eigenvalue weighted by Gasteiger charge is 2.38. The number of carbonyl (C=O) groups excluding carboxylic acids is 1. The molecule has 1 aliphatic rings. The minimum Gasteiger partial charge on any atom is -0.369 e. The maximum Gasteiger partial charge on any atom is 0.231 e. The Morgan fingerprint density at radius 2 is 1.96 bits per heavy atom. The lowest BCUT2D eigenvalue weighted by atomic mass is 9.97. The van der Waals surface area contributed by atoms with Crippen LogP contribution in [0.4, 0.5) is 0 Å². The SMILES string of the molecule is CN1C(=O)C[C@@](C)(c2ncc(-c3cc(Cl)cc(Cl)c3)s2)N=C1N. The summed E-state index contributed by atoms with van der Waals surface area (Å²) >= 11 is 13.5. The molecule has 0 radical (unpaired) electrons. The minimum absolute atomic E-state index is 0.0810. The van der Waals surface area contributed by atoms with Gasteiger partial charge in [0.1, 0.15) is 10.5 Å². The number of benzene rings is 1. The van der Waals surface area contributed by atoms with Crippen molar-refractivity contribution in [3.05, 3.63) is 39.4 Å². The first-order chi connectivity index (χ1) is 10.8. The first kappa shape index (κ1) is 16.2. The van der Waals surface area contributed by atoms with Crippen LogP contribution in [-0.4, -0.2) is 28.8 Å². The van der Waals surface area contributed by atoms with Crippen LogP contribution in [0.3, 0.4) is 0 Å². The third kappa shape index (κ3) is 3.06. The van der Waals surface area contributed by atoms with Crippen LogP contribution >= 0.6 is 34.5 Å². The lowest BCUT2D eigenvalue weighted by Crippen LogP contribution is -2.47. The molecule has 0 fully saturated rings. The predicted octanol–water partition coefficient (Wildman–Crippen LogP) is 3.51. The smallest absolute Gasteiger partial charge is 0.231 e. The number of thiazole rings is 1. The van der Waals surface area contributed by atoms with Crippen LogP contribution in [0.1, 0.15) is 18.4 Å². The number of guanidine groups is 1. The molecule has 23 heavy (non-hydrogen) atoms. The summed E-state index contributed by atoms with van der Waals surface area (Å²) in [5.74, 6) is 0.119. The first-order valence-corrected chi connectivity index (χ1v) is 8.40. The number of nitrogens with two attached hydrogens (primary N) is 1. The van der Waals surface area contributed by atoms with Gasteiger partial charge < -0.3 is 5.73 Å². The normalized spacial score (nSPS) is 21.5. The molecular formula is C15H14Cl2N4OS. The second-order valence-electron chi connectivity index (χ2n) is 5.56. The number of aromatic nitrogens is 1. The van der Waals surface area contributed by atoms with Crippen LogP contribution in [0.15, 0.2) is 29.4 Å². The number of hydrogen-bond acceptors (Lipinski definition) is 5. The number of carbonyl (C=O) groups is 1. The van der Waals surface area contributed by atoms with Crippen molar-refractivity contribution in [3.8, 4) is 10.4 Å². The molecule has 5 nitrogen and oxygen atoms in total. The van der Waals surface area contributed by atoms with E-state index in [1.165, 1.54) is 16.2 Å². The molecule has 1 aromatic carbocycles. The number of amides is 1. The summed E-state index contributed by atoms with van der Waals surface area (Å²) in [5, 5.41) is 1.85. The number of nitrogens with zero attached hydrogens (tertiary/aromatic N) is 3. The molecule has 0 saturated carbocycles. The number of hydrogen-bond donors (Lipinski definition) is 1. The van der Waals surface area contributed by atoms with Gasteiger partial charge in [0, 0.05) is 23.3 Å². The highest BCUT2D eigenvalue weighted by Crippen LogP contribution is 2.39. The topological polar surface area (TPSA) is 71.6 Å². The number of rotatable bonds is 2. The largest absolute Gasteiger partial charge is 0.369 e. The van der Waals surface area contributed by atoms with Gasteiger partial charge in [-0.15, -0.1) is 11.3 Å². The highest BCUT2D eigenvalue weighted by atomic mass is 35.5. The van der Waals surface area contributed by atoms with Gasteiger partial charge in [-0.2, -0.15) is 0 Å². The lowest BCUT2D eigenvalue weighted by molar-refractivity contribution is -0.128. The van der Waals surface area contributed by atoms with Crippen LogP contribution < -0.4 is 5.73 Å². The van der Waals surface area contributed by atoms with Gasteiger partial charge >= 0.3 is 0 Å².